The minimum absolute atomic E-state index is 0.125. The molecule has 1 aromatic carbocycles. The van der Waals surface area contributed by atoms with Crippen molar-refractivity contribution in [1.82, 2.24) is 0 Å². The fourth-order valence-electron chi connectivity index (χ4n) is 1.48. The number of alkyl halides is 3. The molecule has 5 heteroatoms. The fraction of sp³-hybridized carbons (Fsp3) is 0.417. The smallest absolute Gasteiger partial charge is 0.325 e. The molecule has 0 unspecified atom stereocenters. The van der Waals surface area contributed by atoms with E-state index in [9.17, 15) is 18.0 Å². The van der Waals surface area contributed by atoms with E-state index in [1.165, 1.54) is 18.2 Å². The largest absolute Gasteiger partial charge is 0.417 e. The summed E-state index contributed by atoms with van der Waals surface area (Å²) < 4.78 is 38.0. The van der Waals surface area contributed by atoms with Crippen molar-refractivity contribution in [3.63, 3.8) is 0 Å². The van der Waals surface area contributed by atoms with Crippen LogP contribution in [0.4, 0.5) is 13.2 Å². The monoisotopic (exact) mass is 245 g/mol. The molecule has 0 aliphatic rings. The number of hydrogen-bond acceptors (Lipinski definition) is 2. The number of rotatable bonds is 3. The summed E-state index contributed by atoms with van der Waals surface area (Å²) in [6.45, 7) is 3.20. The maximum atomic E-state index is 12.7. The van der Waals surface area contributed by atoms with Gasteiger partial charge in [-0.15, -0.1) is 0 Å². The molecule has 0 bridgehead atoms. The Labute approximate surface area is 97.6 Å². The number of hydrogen-bond donors (Lipinski definition) is 1. The molecule has 0 heterocycles. The van der Waals surface area contributed by atoms with Gasteiger partial charge >= 0.3 is 6.18 Å². The van der Waals surface area contributed by atoms with Gasteiger partial charge in [-0.3, -0.25) is 4.79 Å². The second-order valence-corrected chi connectivity index (χ2v) is 4.63. The Morgan fingerprint density at radius 2 is 1.76 bits per heavy atom. The van der Waals surface area contributed by atoms with Crippen LogP contribution < -0.4 is 5.73 Å². The highest BCUT2D eigenvalue weighted by Crippen LogP contribution is 2.32. The summed E-state index contributed by atoms with van der Waals surface area (Å²) in [4.78, 5) is 11.7. The van der Waals surface area contributed by atoms with E-state index >= 15 is 0 Å². The van der Waals surface area contributed by atoms with Gasteiger partial charge in [0.05, 0.1) is 5.56 Å². The van der Waals surface area contributed by atoms with Gasteiger partial charge < -0.3 is 5.73 Å². The van der Waals surface area contributed by atoms with Gasteiger partial charge in [0, 0.05) is 17.5 Å². The van der Waals surface area contributed by atoms with E-state index in [2.05, 4.69) is 0 Å². The minimum atomic E-state index is -4.52. The maximum absolute atomic E-state index is 12.7. The zero-order chi connectivity index (χ0) is 13.3. The molecular formula is C12H14F3NO. The summed E-state index contributed by atoms with van der Waals surface area (Å²) in [6, 6.07) is 4.74. The quantitative estimate of drug-likeness (QED) is 0.832. The molecule has 0 atom stereocenters. The summed E-state index contributed by atoms with van der Waals surface area (Å²) >= 11 is 0. The summed E-state index contributed by atoms with van der Waals surface area (Å²) in [7, 11) is 0. The molecule has 1 aromatic rings. The lowest BCUT2D eigenvalue weighted by Crippen LogP contribution is -2.35. The van der Waals surface area contributed by atoms with Crippen molar-refractivity contribution in [3.8, 4) is 0 Å². The maximum Gasteiger partial charge on any atom is 0.417 e. The molecule has 0 saturated heterocycles. The first-order chi connectivity index (χ1) is 7.61. The Balaban J connectivity index is 3.11. The highest BCUT2D eigenvalue weighted by Gasteiger charge is 2.35. The first-order valence-electron chi connectivity index (χ1n) is 5.09. The van der Waals surface area contributed by atoms with Crippen LogP contribution in [0, 0.1) is 0 Å². The van der Waals surface area contributed by atoms with Crippen LogP contribution in [0.1, 0.15) is 36.2 Å². The van der Waals surface area contributed by atoms with Crippen LogP contribution in [0.15, 0.2) is 24.3 Å². The van der Waals surface area contributed by atoms with Crippen LogP contribution in [-0.2, 0) is 6.18 Å². The van der Waals surface area contributed by atoms with Crippen LogP contribution in [0.5, 0.6) is 0 Å². The minimum Gasteiger partial charge on any atom is -0.325 e. The molecule has 0 aromatic heterocycles. The Hall–Kier alpha value is -1.36. The van der Waals surface area contributed by atoms with Crippen molar-refractivity contribution in [2.24, 2.45) is 5.73 Å². The van der Waals surface area contributed by atoms with E-state index in [0.29, 0.717) is 0 Å². The predicted octanol–water partition coefficient (Wildman–Crippen LogP) is 3.02. The van der Waals surface area contributed by atoms with Crippen LogP contribution in [0.2, 0.25) is 0 Å². The molecule has 0 spiro atoms. The van der Waals surface area contributed by atoms with Crippen LogP contribution in [0.3, 0.4) is 0 Å². The highest BCUT2D eigenvalue weighted by molar-refractivity contribution is 5.98. The van der Waals surface area contributed by atoms with Crippen molar-refractivity contribution < 1.29 is 18.0 Å². The molecule has 0 aliphatic heterocycles. The van der Waals surface area contributed by atoms with E-state index in [1.807, 2.05) is 0 Å². The number of nitrogens with two attached hydrogens (primary N) is 1. The third-order valence-corrected chi connectivity index (χ3v) is 2.15. The van der Waals surface area contributed by atoms with Crippen molar-refractivity contribution in [2.75, 3.05) is 0 Å². The number of carbonyl (C=O) groups excluding carboxylic acids is 1. The summed E-state index contributed by atoms with van der Waals surface area (Å²) in [5.41, 5.74) is 3.58. The van der Waals surface area contributed by atoms with E-state index in [-0.39, 0.29) is 12.0 Å². The van der Waals surface area contributed by atoms with Crippen LogP contribution in [0.25, 0.3) is 0 Å². The summed E-state index contributed by atoms with van der Waals surface area (Å²) in [5, 5.41) is 0. The second-order valence-electron chi connectivity index (χ2n) is 4.63. The average Bonchev–Trinajstić information content (AvgIpc) is 2.13. The van der Waals surface area contributed by atoms with E-state index in [0.717, 1.165) is 6.07 Å². The fourth-order valence-corrected chi connectivity index (χ4v) is 1.48. The SMILES string of the molecule is CC(C)(N)CC(=O)c1ccccc1C(F)(F)F. The Morgan fingerprint density at radius 3 is 2.24 bits per heavy atom. The third-order valence-electron chi connectivity index (χ3n) is 2.15. The first kappa shape index (κ1) is 13.7. The highest BCUT2D eigenvalue weighted by atomic mass is 19.4. The predicted molar refractivity (Wildman–Crippen MR) is 58.7 cm³/mol. The van der Waals surface area contributed by atoms with E-state index in [4.69, 9.17) is 5.73 Å². The van der Waals surface area contributed by atoms with E-state index < -0.39 is 23.1 Å². The molecule has 17 heavy (non-hydrogen) atoms. The number of Topliss-reactive ketones (excluding diaryl/α,β-unsaturated/α-hetero) is 1. The molecule has 2 N–H and O–H groups in total. The van der Waals surface area contributed by atoms with Crippen molar-refractivity contribution >= 4 is 5.78 Å². The number of halogens is 3. The Kier molecular flexibility index (Phi) is 3.62. The van der Waals surface area contributed by atoms with E-state index in [1.54, 1.807) is 13.8 Å². The van der Waals surface area contributed by atoms with Gasteiger partial charge in [0.25, 0.3) is 0 Å². The first-order valence-corrected chi connectivity index (χ1v) is 5.09. The van der Waals surface area contributed by atoms with Crippen molar-refractivity contribution in [1.29, 1.82) is 0 Å². The molecule has 0 saturated carbocycles. The molecule has 1 rings (SSSR count). The summed E-state index contributed by atoms with van der Waals surface area (Å²) in [5.74, 6) is -0.592. The number of carbonyl (C=O) groups is 1. The molecule has 0 fully saturated rings. The molecule has 2 nitrogen and oxygen atoms in total. The second kappa shape index (κ2) is 4.49. The average molecular weight is 245 g/mol. The molecular weight excluding hydrogens is 231 g/mol. The lowest BCUT2D eigenvalue weighted by atomic mass is 9.93. The normalized spacial score (nSPS) is 12.6. The van der Waals surface area contributed by atoms with Crippen LogP contribution in [-0.4, -0.2) is 11.3 Å². The lowest BCUT2D eigenvalue weighted by Gasteiger charge is -2.18. The van der Waals surface area contributed by atoms with Gasteiger partial charge in [-0.1, -0.05) is 18.2 Å². The third kappa shape index (κ3) is 3.85. The molecule has 94 valence electrons. The Bertz CT molecular complexity index is 418. The number of ketones is 1. The summed E-state index contributed by atoms with van der Waals surface area (Å²) in [6.07, 6.45) is -4.65. The standard InChI is InChI=1S/C12H14F3NO/c1-11(2,16)7-10(17)8-5-3-4-6-9(8)12(13,14)15/h3-6H,7,16H2,1-2H3. The zero-order valence-corrected chi connectivity index (χ0v) is 9.64. The Morgan fingerprint density at radius 1 is 1.24 bits per heavy atom. The zero-order valence-electron chi connectivity index (χ0n) is 9.64. The topological polar surface area (TPSA) is 43.1 Å². The van der Waals surface area contributed by atoms with Gasteiger partial charge in [0.1, 0.15) is 0 Å². The molecule has 0 radical (unpaired) electrons. The van der Waals surface area contributed by atoms with Crippen molar-refractivity contribution in [2.45, 2.75) is 32.0 Å². The number of benzene rings is 1. The molecule has 0 amide bonds. The molecule has 0 aliphatic carbocycles. The van der Waals surface area contributed by atoms with Crippen molar-refractivity contribution in [3.05, 3.63) is 35.4 Å². The van der Waals surface area contributed by atoms with Gasteiger partial charge in [0.15, 0.2) is 5.78 Å². The lowest BCUT2D eigenvalue weighted by molar-refractivity contribution is -0.137. The van der Waals surface area contributed by atoms with Gasteiger partial charge in [-0.25, -0.2) is 0 Å². The van der Waals surface area contributed by atoms with Crippen LogP contribution >= 0.6 is 0 Å². The van der Waals surface area contributed by atoms with Gasteiger partial charge in [-0.05, 0) is 19.9 Å². The van der Waals surface area contributed by atoms with Gasteiger partial charge in [-0.2, -0.15) is 13.2 Å². The van der Waals surface area contributed by atoms with Gasteiger partial charge in [0.2, 0.25) is 0 Å².